The van der Waals surface area contributed by atoms with Crippen LogP contribution in [0.15, 0.2) is 29.3 Å². The Kier molecular flexibility index (Phi) is 9.30. The first-order chi connectivity index (χ1) is 15.7. The highest BCUT2D eigenvalue weighted by Gasteiger charge is 2.25. The third kappa shape index (κ3) is 6.34. The second-order valence-electron chi connectivity index (χ2n) is 7.86. The standard InChI is InChI=1S/C22H31N7O3.HI/c1-3-23-22(25-16-9-10-20-26-19(14-31-2)27-29(20)13-16)24-11-6-12-28-17-7-4-5-8-18(17)32-15-21(28)30;/h4-5,7-8,16H,3,6,9-15H2,1-2H3,(H2,23,24,25);1H. The van der Waals surface area contributed by atoms with Crippen LogP contribution in [0.3, 0.4) is 0 Å². The van der Waals surface area contributed by atoms with Crippen molar-refractivity contribution in [3.8, 4) is 5.75 Å². The summed E-state index contributed by atoms with van der Waals surface area (Å²) in [6.07, 6.45) is 2.59. The van der Waals surface area contributed by atoms with Crippen molar-refractivity contribution < 1.29 is 14.3 Å². The molecule has 0 saturated heterocycles. The zero-order chi connectivity index (χ0) is 22.3. The van der Waals surface area contributed by atoms with Crippen molar-refractivity contribution in [2.75, 3.05) is 38.3 Å². The number of hydrogen-bond donors (Lipinski definition) is 2. The molecule has 1 aromatic carbocycles. The Morgan fingerprint density at radius 3 is 3.03 bits per heavy atom. The molecule has 2 aromatic rings. The van der Waals surface area contributed by atoms with Crippen LogP contribution in [0.4, 0.5) is 5.69 Å². The van der Waals surface area contributed by atoms with E-state index in [0.29, 0.717) is 19.7 Å². The number of halogens is 1. The number of ether oxygens (including phenoxy) is 2. The van der Waals surface area contributed by atoms with E-state index >= 15 is 0 Å². The first-order valence-corrected chi connectivity index (χ1v) is 11.2. The summed E-state index contributed by atoms with van der Waals surface area (Å²) >= 11 is 0. The number of guanidine groups is 1. The van der Waals surface area contributed by atoms with Crippen LogP contribution in [0.1, 0.15) is 31.4 Å². The van der Waals surface area contributed by atoms with Gasteiger partial charge in [0.15, 0.2) is 18.4 Å². The molecule has 1 atom stereocenters. The Morgan fingerprint density at radius 1 is 1.36 bits per heavy atom. The molecular weight excluding hydrogens is 537 g/mol. The van der Waals surface area contributed by atoms with E-state index in [2.05, 4.69) is 20.7 Å². The molecule has 0 saturated carbocycles. The Hall–Kier alpha value is -2.41. The Bertz CT molecular complexity index is 965. The highest BCUT2D eigenvalue weighted by Crippen LogP contribution is 2.31. The van der Waals surface area contributed by atoms with E-state index in [4.69, 9.17) is 14.5 Å². The lowest BCUT2D eigenvalue weighted by atomic mass is 10.1. The number of hydrogen-bond acceptors (Lipinski definition) is 6. The lowest BCUT2D eigenvalue weighted by molar-refractivity contribution is -0.121. The Balaban J connectivity index is 0.00000306. The van der Waals surface area contributed by atoms with Gasteiger partial charge in [0.05, 0.1) is 12.2 Å². The van der Waals surface area contributed by atoms with E-state index in [1.807, 2.05) is 35.9 Å². The summed E-state index contributed by atoms with van der Waals surface area (Å²) in [6.45, 7) is 5.31. The van der Waals surface area contributed by atoms with E-state index in [9.17, 15) is 4.79 Å². The van der Waals surface area contributed by atoms with Gasteiger partial charge in [0.25, 0.3) is 5.91 Å². The quantitative estimate of drug-likeness (QED) is 0.216. The number of rotatable bonds is 8. The number of nitrogens with zero attached hydrogens (tertiary/aromatic N) is 5. The largest absolute Gasteiger partial charge is 0.482 e. The number of nitrogens with one attached hydrogen (secondary N) is 2. The molecule has 0 aliphatic carbocycles. The second-order valence-corrected chi connectivity index (χ2v) is 7.86. The minimum Gasteiger partial charge on any atom is -0.482 e. The molecule has 0 radical (unpaired) electrons. The summed E-state index contributed by atoms with van der Waals surface area (Å²) in [7, 11) is 1.65. The molecule has 33 heavy (non-hydrogen) atoms. The molecule has 2 aliphatic rings. The lowest BCUT2D eigenvalue weighted by Crippen LogP contribution is -2.47. The SMILES string of the molecule is CCNC(=NCCCN1C(=O)COc2ccccc21)NC1CCc2nc(COC)nn2C1.I. The molecule has 3 heterocycles. The van der Waals surface area contributed by atoms with E-state index in [0.717, 1.165) is 61.4 Å². The molecular formula is C22H32IN7O3. The van der Waals surface area contributed by atoms with Crippen LogP contribution in [0.25, 0.3) is 0 Å². The molecule has 2 aliphatic heterocycles. The molecule has 0 spiro atoms. The highest BCUT2D eigenvalue weighted by atomic mass is 127. The number of fused-ring (bicyclic) bond motifs is 2. The number of carbonyl (C=O) groups is 1. The second kappa shape index (κ2) is 12.2. The van der Waals surface area contributed by atoms with E-state index < -0.39 is 0 Å². The average molecular weight is 569 g/mol. The van der Waals surface area contributed by atoms with Crippen molar-refractivity contribution in [2.24, 2.45) is 4.99 Å². The van der Waals surface area contributed by atoms with Gasteiger partial charge in [-0.1, -0.05) is 12.1 Å². The summed E-state index contributed by atoms with van der Waals surface area (Å²) in [6, 6.07) is 7.87. The molecule has 1 unspecified atom stereocenters. The molecule has 2 N–H and O–H groups in total. The molecule has 180 valence electrons. The summed E-state index contributed by atoms with van der Waals surface area (Å²) in [4.78, 5) is 23.4. The van der Waals surface area contributed by atoms with Gasteiger partial charge in [-0.3, -0.25) is 9.79 Å². The van der Waals surface area contributed by atoms with Gasteiger partial charge in [0.1, 0.15) is 18.2 Å². The number of methoxy groups -OCH3 is 1. The topological polar surface area (TPSA) is 106 Å². The van der Waals surface area contributed by atoms with Gasteiger partial charge in [0.2, 0.25) is 0 Å². The number of aromatic nitrogens is 3. The Labute approximate surface area is 211 Å². The van der Waals surface area contributed by atoms with Gasteiger partial charge < -0.3 is 25.0 Å². The maximum Gasteiger partial charge on any atom is 0.265 e. The Morgan fingerprint density at radius 2 is 2.21 bits per heavy atom. The van der Waals surface area contributed by atoms with Crippen molar-refractivity contribution in [3.05, 3.63) is 35.9 Å². The van der Waals surface area contributed by atoms with Crippen LogP contribution >= 0.6 is 24.0 Å². The number of carbonyl (C=O) groups excluding carboxylic acids is 1. The maximum absolute atomic E-state index is 12.3. The summed E-state index contributed by atoms with van der Waals surface area (Å²) < 4.78 is 12.6. The molecule has 1 aromatic heterocycles. The maximum atomic E-state index is 12.3. The van der Waals surface area contributed by atoms with Crippen LogP contribution in [0.5, 0.6) is 5.75 Å². The van der Waals surface area contributed by atoms with Crippen molar-refractivity contribution >= 4 is 41.5 Å². The van der Waals surface area contributed by atoms with Crippen LogP contribution in [0.2, 0.25) is 0 Å². The predicted molar refractivity (Wildman–Crippen MR) is 136 cm³/mol. The summed E-state index contributed by atoms with van der Waals surface area (Å²) in [5.74, 6) is 3.25. The van der Waals surface area contributed by atoms with Crippen molar-refractivity contribution in [1.29, 1.82) is 0 Å². The van der Waals surface area contributed by atoms with E-state index in [1.54, 1.807) is 12.0 Å². The van der Waals surface area contributed by atoms with Gasteiger partial charge in [-0.05, 0) is 31.9 Å². The minimum absolute atomic E-state index is 0. The number of aliphatic imine (C=N–C) groups is 1. The van der Waals surface area contributed by atoms with E-state index in [1.165, 1.54) is 0 Å². The molecule has 0 fully saturated rings. The van der Waals surface area contributed by atoms with Crippen molar-refractivity contribution in [3.63, 3.8) is 0 Å². The fraction of sp³-hybridized carbons (Fsp3) is 0.545. The highest BCUT2D eigenvalue weighted by molar-refractivity contribution is 14.0. The van der Waals surface area contributed by atoms with Gasteiger partial charge in [-0.2, -0.15) is 5.10 Å². The molecule has 10 nitrogen and oxygen atoms in total. The van der Waals surface area contributed by atoms with Gasteiger partial charge in [0, 0.05) is 39.2 Å². The van der Waals surface area contributed by atoms with Crippen LogP contribution in [0, 0.1) is 0 Å². The number of para-hydroxylation sites is 2. The number of anilines is 1. The summed E-state index contributed by atoms with van der Waals surface area (Å²) in [5.41, 5.74) is 0.830. The monoisotopic (exact) mass is 569 g/mol. The number of amides is 1. The van der Waals surface area contributed by atoms with E-state index in [-0.39, 0.29) is 42.5 Å². The normalized spacial score (nSPS) is 17.5. The molecule has 11 heteroatoms. The lowest BCUT2D eigenvalue weighted by Gasteiger charge is -2.29. The summed E-state index contributed by atoms with van der Waals surface area (Å²) in [5, 5.41) is 11.4. The van der Waals surface area contributed by atoms with Crippen molar-refractivity contribution in [2.45, 2.75) is 45.4 Å². The van der Waals surface area contributed by atoms with Gasteiger partial charge in [-0.25, -0.2) is 9.67 Å². The van der Waals surface area contributed by atoms with Crippen LogP contribution in [-0.2, 0) is 29.1 Å². The van der Waals surface area contributed by atoms with Crippen LogP contribution in [-0.4, -0.2) is 66.0 Å². The predicted octanol–water partition coefficient (Wildman–Crippen LogP) is 1.73. The zero-order valence-electron chi connectivity index (χ0n) is 19.1. The fourth-order valence-corrected chi connectivity index (χ4v) is 4.00. The molecule has 0 bridgehead atoms. The van der Waals surface area contributed by atoms with Gasteiger partial charge in [-0.15, -0.1) is 24.0 Å². The third-order valence-corrected chi connectivity index (χ3v) is 5.48. The smallest absolute Gasteiger partial charge is 0.265 e. The van der Waals surface area contributed by atoms with Gasteiger partial charge >= 0.3 is 0 Å². The molecule has 4 rings (SSSR count). The first-order valence-electron chi connectivity index (χ1n) is 11.2. The third-order valence-electron chi connectivity index (χ3n) is 5.48. The average Bonchev–Trinajstić information content (AvgIpc) is 3.20. The molecule has 1 amide bonds. The van der Waals surface area contributed by atoms with Crippen molar-refractivity contribution in [1.82, 2.24) is 25.4 Å². The minimum atomic E-state index is -0.0172. The number of benzene rings is 1. The first kappa shape index (κ1) is 25.2. The zero-order valence-corrected chi connectivity index (χ0v) is 21.5. The number of aryl methyl sites for hydroxylation is 1. The van der Waals surface area contributed by atoms with Crippen LogP contribution < -0.4 is 20.3 Å². The fourth-order valence-electron chi connectivity index (χ4n) is 4.00.